The smallest absolute Gasteiger partial charge is 0.405 e. The summed E-state index contributed by atoms with van der Waals surface area (Å²) in [4.78, 5) is 34.9. The van der Waals surface area contributed by atoms with Gasteiger partial charge in [-0.25, -0.2) is 4.79 Å². The number of aromatic amines is 1. The van der Waals surface area contributed by atoms with Gasteiger partial charge in [0.15, 0.2) is 0 Å². The molecule has 4 N–H and O–H groups in total. The van der Waals surface area contributed by atoms with Gasteiger partial charge in [-0.05, 0) is 39.5 Å². The predicted octanol–water partition coefficient (Wildman–Crippen LogP) is 1.82. The van der Waals surface area contributed by atoms with Crippen LogP contribution in [0.5, 0.6) is 0 Å². The highest BCUT2D eigenvalue weighted by molar-refractivity contribution is 5.99. The molecule has 1 unspecified atom stereocenters. The van der Waals surface area contributed by atoms with E-state index in [1.807, 2.05) is 6.92 Å². The van der Waals surface area contributed by atoms with Gasteiger partial charge in [-0.15, -0.1) is 0 Å². The van der Waals surface area contributed by atoms with Crippen LogP contribution in [-0.4, -0.2) is 70.5 Å². The van der Waals surface area contributed by atoms with Crippen molar-refractivity contribution < 1.29 is 24.2 Å². The average Bonchev–Trinajstić information content (AvgIpc) is 3.14. The summed E-state index contributed by atoms with van der Waals surface area (Å²) in [5.74, 6) is 0.393. The van der Waals surface area contributed by atoms with E-state index >= 15 is 0 Å². The molecule has 1 aromatic heterocycles. The molecule has 1 aliphatic carbocycles. The molecule has 2 aliphatic heterocycles. The lowest BCUT2D eigenvalue weighted by molar-refractivity contribution is -0.128. The van der Waals surface area contributed by atoms with Crippen LogP contribution >= 0.6 is 0 Å². The lowest BCUT2D eigenvalue weighted by Gasteiger charge is -2.20. The molecule has 10 heteroatoms. The summed E-state index contributed by atoms with van der Waals surface area (Å²) in [6, 6.07) is 1.67. The van der Waals surface area contributed by atoms with Crippen molar-refractivity contribution in [2.75, 3.05) is 32.1 Å². The normalized spacial score (nSPS) is 24.0. The number of carboxylic acid groups (broad SMARTS) is 1. The van der Waals surface area contributed by atoms with E-state index in [0.717, 1.165) is 26.1 Å². The van der Waals surface area contributed by atoms with E-state index in [4.69, 9.17) is 9.84 Å². The van der Waals surface area contributed by atoms with E-state index in [2.05, 4.69) is 20.8 Å². The fourth-order valence-corrected chi connectivity index (χ4v) is 2.97. The SMILES string of the molecule is C1CCOC1.CC1(NC(=O)O)CC1.CN1CC(C)(C(=O)Nc2ccn[nH]2)CC1=O. The Balaban J connectivity index is 0.000000190. The maximum Gasteiger partial charge on any atom is 0.405 e. The molecule has 29 heavy (non-hydrogen) atoms. The monoisotopic (exact) mass is 409 g/mol. The molecule has 3 amide bonds. The second kappa shape index (κ2) is 9.73. The van der Waals surface area contributed by atoms with Crippen LogP contribution in [-0.2, 0) is 14.3 Å². The second-order valence-corrected chi connectivity index (χ2v) is 8.22. The van der Waals surface area contributed by atoms with Crippen LogP contribution in [0.1, 0.15) is 46.0 Å². The Hall–Kier alpha value is -2.62. The minimum Gasteiger partial charge on any atom is -0.465 e. The fourth-order valence-electron chi connectivity index (χ4n) is 2.97. The van der Waals surface area contributed by atoms with Gasteiger partial charge in [-0.3, -0.25) is 14.7 Å². The third kappa shape index (κ3) is 7.37. The Labute approximate surface area is 170 Å². The number of H-pyrrole nitrogens is 1. The zero-order valence-corrected chi connectivity index (χ0v) is 17.3. The Morgan fingerprint density at radius 3 is 2.28 bits per heavy atom. The molecule has 2 saturated heterocycles. The minimum atomic E-state index is -0.912. The Morgan fingerprint density at radius 2 is 1.93 bits per heavy atom. The van der Waals surface area contributed by atoms with Crippen molar-refractivity contribution in [1.82, 2.24) is 20.4 Å². The van der Waals surface area contributed by atoms with Crippen LogP contribution in [0.3, 0.4) is 0 Å². The quantitative estimate of drug-likeness (QED) is 0.601. The Kier molecular flexibility index (Phi) is 7.60. The average molecular weight is 409 g/mol. The Morgan fingerprint density at radius 1 is 1.28 bits per heavy atom. The molecule has 4 rings (SSSR count). The van der Waals surface area contributed by atoms with Gasteiger partial charge in [0.1, 0.15) is 5.82 Å². The first-order valence-corrected chi connectivity index (χ1v) is 9.77. The van der Waals surface area contributed by atoms with Crippen molar-refractivity contribution in [3.8, 4) is 0 Å². The molecule has 3 fully saturated rings. The van der Waals surface area contributed by atoms with E-state index in [0.29, 0.717) is 12.4 Å². The van der Waals surface area contributed by atoms with E-state index in [1.165, 1.54) is 12.8 Å². The summed E-state index contributed by atoms with van der Waals surface area (Å²) in [6.45, 7) is 6.15. The third-order valence-electron chi connectivity index (χ3n) is 5.09. The van der Waals surface area contributed by atoms with Crippen LogP contribution < -0.4 is 10.6 Å². The first-order chi connectivity index (χ1) is 13.6. The number of anilines is 1. The molecule has 10 nitrogen and oxygen atoms in total. The summed E-state index contributed by atoms with van der Waals surface area (Å²) in [5.41, 5.74) is -0.733. The molecule has 0 aromatic carbocycles. The van der Waals surface area contributed by atoms with Gasteiger partial charge in [-0.1, -0.05) is 0 Å². The standard InChI is InChI=1S/C10H14N4O2.C5H9NO2.C4H8O/c1-10(5-8(15)14(2)6-10)9(16)12-7-3-4-11-13-7;1-5(2-3-5)6-4(7)8;1-2-4-5-3-1/h3-4H,5-6H2,1-2H3,(H2,11,12,13,16);6H,2-3H2,1H3,(H,7,8);1-4H2. The van der Waals surface area contributed by atoms with Crippen LogP contribution in [0.2, 0.25) is 0 Å². The minimum absolute atomic E-state index is 0.00209. The zero-order chi connectivity index (χ0) is 21.5. The third-order valence-corrected chi connectivity index (χ3v) is 5.09. The summed E-state index contributed by atoms with van der Waals surface area (Å²) in [7, 11) is 1.71. The summed E-state index contributed by atoms with van der Waals surface area (Å²) in [6.07, 6.45) is 5.43. The number of hydrogen-bond donors (Lipinski definition) is 4. The number of nitrogens with one attached hydrogen (secondary N) is 3. The number of rotatable bonds is 3. The number of carbonyl (C=O) groups excluding carboxylic acids is 2. The molecule has 0 radical (unpaired) electrons. The van der Waals surface area contributed by atoms with Gasteiger partial charge in [0, 0.05) is 44.8 Å². The van der Waals surface area contributed by atoms with Gasteiger partial charge in [-0.2, -0.15) is 5.10 Å². The van der Waals surface area contributed by atoms with Gasteiger partial charge in [0.2, 0.25) is 11.8 Å². The van der Waals surface area contributed by atoms with Crippen molar-refractivity contribution in [1.29, 1.82) is 0 Å². The molecule has 1 aromatic rings. The Bertz CT molecular complexity index is 692. The van der Waals surface area contributed by atoms with Crippen LogP contribution in [0.15, 0.2) is 12.3 Å². The van der Waals surface area contributed by atoms with Gasteiger partial charge in [0.05, 0.1) is 11.6 Å². The van der Waals surface area contributed by atoms with Crippen molar-refractivity contribution in [2.24, 2.45) is 5.41 Å². The van der Waals surface area contributed by atoms with Crippen molar-refractivity contribution >= 4 is 23.7 Å². The number of hydrogen-bond acceptors (Lipinski definition) is 5. The lowest BCUT2D eigenvalue weighted by atomic mass is 9.88. The van der Waals surface area contributed by atoms with Crippen molar-refractivity contribution in [2.45, 2.75) is 51.5 Å². The highest BCUT2D eigenvalue weighted by atomic mass is 16.5. The van der Waals surface area contributed by atoms with Crippen molar-refractivity contribution in [3.05, 3.63) is 12.3 Å². The molecular weight excluding hydrogens is 378 g/mol. The molecule has 1 saturated carbocycles. The maximum atomic E-state index is 12.0. The first kappa shape index (κ1) is 22.7. The number of nitrogens with zero attached hydrogens (tertiary/aromatic N) is 2. The summed E-state index contributed by atoms with van der Waals surface area (Å²) in [5, 5.41) is 19.7. The predicted molar refractivity (Wildman–Crippen MR) is 106 cm³/mol. The van der Waals surface area contributed by atoms with E-state index in [-0.39, 0.29) is 23.8 Å². The summed E-state index contributed by atoms with van der Waals surface area (Å²) >= 11 is 0. The van der Waals surface area contributed by atoms with Gasteiger partial charge in [0.25, 0.3) is 0 Å². The maximum absolute atomic E-state index is 12.0. The van der Waals surface area contributed by atoms with Crippen LogP contribution in [0, 0.1) is 5.41 Å². The molecule has 0 bridgehead atoms. The van der Waals surface area contributed by atoms with Crippen LogP contribution in [0.4, 0.5) is 10.6 Å². The number of ether oxygens (including phenoxy) is 1. The molecular formula is C19H31N5O5. The molecule has 0 spiro atoms. The number of carbonyl (C=O) groups is 3. The number of likely N-dealkylation sites (tertiary alicyclic amines) is 1. The molecule has 3 heterocycles. The summed E-state index contributed by atoms with van der Waals surface area (Å²) < 4.78 is 4.94. The highest BCUT2D eigenvalue weighted by Crippen LogP contribution is 2.34. The van der Waals surface area contributed by atoms with Crippen molar-refractivity contribution in [3.63, 3.8) is 0 Å². The topological polar surface area (TPSA) is 137 Å². The van der Waals surface area contributed by atoms with Gasteiger partial charge < -0.3 is 25.4 Å². The van der Waals surface area contributed by atoms with Crippen LogP contribution in [0.25, 0.3) is 0 Å². The fraction of sp³-hybridized carbons (Fsp3) is 0.684. The first-order valence-electron chi connectivity index (χ1n) is 9.77. The zero-order valence-electron chi connectivity index (χ0n) is 17.3. The number of aromatic nitrogens is 2. The molecule has 3 aliphatic rings. The lowest BCUT2D eigenvalue weighted by Crippen LogP contribution is -2.35. The second-order valence-electron chi connectivity index (χ2n) is 8.22. The largest absolute Gasteiger partial charge is 0.465 e. The van der Waals surface area contributed by atoms with Gasteiger partial charge >= 0.3 is 6.09 Å². The van der Waals surface area contributed by atoms with E-state index < -0.39 is 11.5 Å². The molecule has 162 valence electrons. The molecule has 1 atom stereocenters. The van der Waals surface area contributed by atoms with E-state index in [1.54, 1.807) is 31.1 Å². The van der Waals surface area contributed by atoms with E-state index in [9.17, 15) is 14.4 Å². The number of amides is 3. The highest BCUT2D eigenvalue weighted by Gasteiger charge is 2.43.